The van der Waals surface area contributed by atoms with E-state index in [1.54, 1.807) is 6.33 Å². The molecular weight excluding hydrogens is 334 g/mol. The molecule has 2 atom stereocenters. The summed E-state index contributed by atoms with van der Waals surface area (Å²) in [5.74, 6) is 0.121. The number of hydrogen-bond donors (Lipinski definition) is 1. The van der Waals surface area contributed by atoms with Crippen molar-refractivity contribution in [2.24, 2.45) is 5.92 Å². The van der Waals surface area contributed by atoms with E-state index >= 15 is 0 Å². The van der Waals surface area contributed by atoms with Crippen LogP contribution in [0.1, 0.15) is 38.4 Å². The van der Waals surface area contributed by atoms with Gasteiger partial charge in [0.15, 0.2) is 0 Å². The predicted octanol–water partition coefficient (Wildman–Crippen LogP) is 4.76. The lowest BCUT2D eigenvalue weighted by atomic mass is 10.0. The number of nitrogens with zero attached hydrogens (tertiary/aromatic N) is 2. The van der Waals surface area contributed by atoms with Gasteiger partial charge in [0.1, 0.15) is 6.04 Å². The first-order valence-corrected chi connectivity index (χ1v) is 8.82. The van der Waals surface area contributed by atoms with Crippen molar-refractivity contribution in [2.45, 2.75) is 32.9 Å². The molecule has 25 heavy (non-hydrogen) atoms. The third-order valence-corrected chi connectivity index (χ3v) is 4.66. The third kappa shape index (κ3) is 3.69. The molecule has 130 valence electrons. The lowest BCUT2D eigenvalue weighted by molar-refractivity contribution is -0.126. The summed E-state index contributed by atoms with van der Waals surface area (Å²) in [7, 11) is 0. The number of amides is 1. The van der Waals surface area contributed by atoms with Gasteiger partial charge in [-0.2, -0.15) is 0 Å². The molecule has 0 aliphatic carbocycles. The highest BCUT2D eigenvalue weighted by molar-refractivity contribution is 6.30. The molecule has 0 aliphatic rings. The Labute approximate surface area is 152 Å². The van der Waals surface area contributed by atoms with Crippen LogP contribution in [0.15, 0.2) is 54.9 Å². The van der Waals surface area contributed by atoms with Gasteiger partial charge in [0.2, 0.25) is 5.91 Å². The van der Waals surface area contributed by atoms with Gasteiger partial charge < -0.3 is 9.88 Å². The Kier molecular flexibility index (Phi) is 5.09. The second-order valence-corrected chi connectivity index (χ2v) is 7.05. The lowest BCUT2D eigenvalue weighted by Gasteiger charge is -2.25. The molecule has 0 saturated carbocycles. The fourth-order valence-electron chi connectivity index (χ4n) is 3.08. The van der Waals surface area contributed by atoms with E-state index in [4.69, 9.17) is 11.6 Å². The maximum absolute atomic E-state index is 13.0. The normalized spacial score (nSPS) is 13.8. The largest absolute Gasteiger partial charge is 0.348 e. The number of imidazole rings is 1. The molecule has 0 saturated heterocycles. The standard InChI is InChI=1S/C20H22ClN3O/c1-13(2)19(24-12-22-17-6-4-5-7-18(17)24)20(25)23-14(3)15-8-10-16(21)11-9-15/h4-14,19H,1-3H3,(H,23,25)/t14-,19-/m1/s1. The topological polar surface area (TPSA) is 46.9 Å². The summed E-state index contributed by atoms with van der Waals surface area (Å²) in [4.78, 5) is 17.4. The van der Waals surface area contributed by atoms with Crippen LogP contribution in [-0.4, -0.2) is 15.5 Å². The van der Waals surface area contributed by atoms with Gasteiger partial charge in [0.25, 0.3) is 0 Å². The highest BCUT2D eigenvalue weighted by Gasteiger charge is 2.26. The van der Waals surface area contributed by atoms with Crippen LogP contribution in [0.5, 0.6) is 0 Å². The quantitative estimate of drug-likeness (QED) is 0.717. The van der Waals surface area contributed by atoms with Gasteiger partial charge in [-0.1, -0.05) is 49.7 Å². The van der Waals surface area contributed by atoms with E-state index in [-0.39, 0.29) is 23.9 Å². The van der Waals surface area contributed by atoms with Crippen molar-refractivity contribution in [3.63, 3.8) is 0 Å². The highest BCUT2D eigenvalue weighted by atomic mass is 35.5. The van der Waals surface area contributed by atoms with Crippen LogP contribution in [0.4, 0.5) is 0 Å². The number of halogens is 1. The summed E-state index contributed by atoms with van der Waals surface area (Å²) < 4.78 is 1.96. The minimum atomic E-state index is -0.317. The van der Waals surface area contributed by atoms with Crippen LogP contribution >= 0.6 is 11.6 Å². The van der Waals surface area contributed by atoms with Crippen molar-refractivity contribution < 1.29 is 4.79 Å². The zero-order valence-electron chi connectivity index (χ0n) is 14.6. The summed E-state index contributed by atoms with van der Waals surface area (Å²) in [5.41, 5.74) is 2.89. The van der Waals surface area contributed by atoms with Gasteiger partial charge in [-0.05, 0) is 42.7 Å². The Morgan fingerprint density at radius 1 is 1.08 bits per heavy atom. The van der Waals surface area contributed by atoms with Crippen LogP contribution in [-0.2, 0) is 4.79 Å². The molecule has 1 heterocycles. The Morgan fingerprint density at radius 3 is 2.44 bits per heavy atom. The Hall–Kier alpha value is -2.33. The first-order valence-electron chi connectivity index (χ1n) is 8.45. The second kappa shape index (κ2) is 7.28. The minimum absolute atomic E-state index is 0.0133. The van der Waals surface area contributed by atoms with Crippen molar-refractivity contribution in [1.29, 1.82) is 0 Å². The Balaban J connectivity index is 1.85. The first-order chi connectivity index (χ1) is 12.0. The van der Waals surface area contributed by atoms with Crippen molar-refractivity contribution in [3.8, 4) is 0 Å². The van der Waals surface area contributed by atoms with Crippen molar-refractivity contribution in [1.82, 2.24) is 14.9 Å². The predicted molar refractivity (Wildman–Crippen MR) is 102 cm³/mol. The van der Waals surface area contributed by atoms with E-state index < -0.39 is 0 Å². The molecular formula is C20H22ClN3O. The van der Waals surface area contributed by atoms with Gasteiger partial charge in [-0.25, -0.2) is 4.98 Å². The maximum Gasteiger partial charge on any atom is 0.243 e. The van der Waals surface area contributed by atoms with E-state index in [2.05, 4.69) is 10.3 Å². The molecule has 0 aliphatic heterocycles. The lowest BCUT2D eigenvalue weighted by Crippen LogP contribution is -2.36. The number of benzene rings is 2. The van der Waals surface area contributed by atoms with E-state index in [1.165, 1.54) is 0 Å². The zero-order chi connectivity index (χ0) is 18.0. The molecule has 4 nitrogen and oxygen atoms in total. The molecule has 0 bridgehead atoms. The molecule has 1 amide bonds. The monoisotopic (exact) mass is 355 g/mol. The maximum atomic E-state index is 13.0. The minimum Gasteiger partial charge on any atom is -0.348 e. The molecule has 3 rings (SSSR count). The van der Waals surface area contributed by atoms with Gasteiger partial charge >= 0.3 is 0 Å². The van der Waals surface area contributed by atoms with E-state index in [9.17, 15) is 4.79 Å². The van der Waals surface area contributed by atoms with Gasteiger partial charge in [0, 0.05) is 5.02 Å². The summed E-state index contributed by atoms with van der Waals surface area (Å²) in [6.07, 6.45) is 1.75. The molecule has 0 spiro atoms. The van der Waals surface area contributed by atoms with Crippen molar-refractivity contribution >= 4 is 28.5 Å². The van der Waals surface area contributed by atoms with Crippen LogP contribution in [0.25, 0.3) is 11.0 Å². The average molecular weight is 356 g/mol. The summed E-state index contributed by atoms with van der Waals surface area (Å²) >= 11 is 5.94. The number of para-hydroxylation sites is 2. The number of rotatable bonds is 5. The molecule has 1 aromatic heterocycles. The van der Waals surface area contributed by atoms with Crippen molar-refractivity contribution in [3.05, 3.63) is 65.4 Å². The Bertz CT molecular complexity index is 870. The molecule has 0 fully saturated rings. The van der Waals surface area contributed by atoms with Crippen LogP contribution in [0.2, 0.25) is 5.02 Å². The smallest absolute Gasteiger partial charge is 0.243 e. The number of hydrogen-bond acceptors (Lipinski definition) is 2. The Morgan fingerprint density at radius 2 is 1.76 bits per heavy atom. The molecule has 5 heteroatoms. The van der Waals surface area contributed by atoms with Crippen LogP contribution in [0.3, 0.4) is 0 Å². The van der Waals surface area contributed by atoms with Crippen LogP contribution < -0.4 is 5.32 Å². The van der Waals surface area contributed by atoms with Crippen molar-refractivity contribution in [2.75, 3.05) is 0 Å². The fraction of sp³-hybridized carbons (Fsp3) is 0.300. The number of fused-ring (bicyclic) bond motifs is 1. The third-order valence-electron chi connectivity index (χ3n) is 4.41. The number of carbonyl (C=O) groups is 1. The van der Waals surface area contributed by atoms with Crippen LogP contribution in [0, 0.1) is 5.92 Å². The number of aromatic nitrogens is 2. The summed E-state index contributed by atoms with van der Waals surface area (Å²) in [6, 6.07) is 15.0. The molecule has 3 aromatic rings. The van der Waals surface area contributed by atoms with E-state index in [1.807, 2.05) is 73.9 Å². The molecule has 0 radical (unpaired) electrons. The molecule has 0 unspecified atom stereocenters. The summed E-state index contributed by atoms with van der Waals surface area (Å²) in [5, 5.41) is 3.81. The fourth-order valence-corrected chi connectivity index (χ4v) is 3.21. The zero-order valence-corrected chi connectivity index (χ0v) is 15.4. The number of carbonyl (C=O) groups excluding carboxylic acids is 1. The van der Waals surface area contributed by atoms with Gasteiger partial charge in [0.05, 0.1) is 23.4 Å². The second-order valence-electron chi connectivity index (χ2n) is 6.61. The summed E-state index contributed by atoms with van der Waals surface area (Å²) in [6.45, 7) is 6.07. The molecule has 2 aromatic carbocycles. The van der Waals surface area contributed by atoms with E-state index in [0.717, 1.165) is 16.6 Å². The first kappa shape index (κ1) is 17.5. The molecule has 1 N–H and O–H groups in total. The van der Waals surface area contributed by atoms with Gasteiger partial charge in [-0.3, -0.25) is 4.79 Å². The van der Waals surface area contributed by atoms with E-state index in [0.29, 0.717) is 5.02 Å². The van der Waals surface area contributed by atoms with Gasteiger partial charge in [-0.15, -0.1) is 0 Å². The highest BCUT2D eigenvalue weighted by Crippen LogP contribution is 2.25. The number of nitrogens with one attached hydrogen (secondary N) is 1. The average Bonchev–Trinajstić information content (AvgIpc) is 2.99. The SMILES string of the molecule is CC(C)[C@H](C(=O)N[C@H](C)c1ccc(Cl)cc1)n1cnc2ccccc21.